The third-order valence-electron chi connectivity index (χ3n) is 0.337. The molecule has 0 aromatic carbocycles. The normalized spacial score (nSPS) is 24.0. The second kappa shape index (κ2) is 1.39. The zero-order valence-corrected chi connectivity index (χ0v) is 3.56. The molecule has 1 N–H and O–H groups in total. The summed E-state index contributed by atoms with van der Waals surface area (Å²) < 4.78 is 0. The third-order valence-corrected chi connectivity index (χ3v) is 0.876. The molecule has 1 unspecified atom stereocenters. The maximum atomic E-state index is 4.53. The molecule has 28 valence electrons. The molecule has 0 radical (unpaired) electrons. The monoisotopic (exact) mass is 89.0 g/mol. The molecule has 0 saturated carbocycles. The van der Waals surface area contributed by atoms with Crippen LogP contribution >= 0.6 is 8.73 Å². The maximum Gasteiger partial charge on any atom is 0.113 e. The van der Waals surface area contributed by atoms with Gasteiger partial charge in [0.1, 0.15) is 6.26 Å². The van der Waals surface area contributed by atoms with E-state index < -0.39 is 0 Å². The topological polar surface area (TPSA) is 21.3 Å². The first kappa shape index (κ1) is 3.13. The fourth-order valence-corrected chi connectivity index (χ4v) is 0.510. The summed E-state index contributed by atoms with van der Waals surface area (Å²) in [5, 5.41) is 2.64. The Morgan fingerprint density at radius 3 is 3.00 bits per heavy atom. The van der Waals surface area contributed by atoms with E-state index in [1.54, 1.807) is 6.26 Å². The standard InChI is InChI=1S/C2H4NOP/c1-2-5-3-4-1/h1-3,5H. The quantitative estimate of drug-likeness (QED) is 0.438. The van der Waals surface area contributed by atoms with Gasteiger partial charge in [0.15, 0.2) is 0 Å². The minimum Gasteiger partial charge on any atom is -0.413 e. The van der Waals surface area contributed by atoms with Gasteiger partial charge in [0, 0.05) is 8.73 Å². The summed E-state index contributed by atoms with van der Waals surface area (Å²) in [6.45, 7) is 0. The maximum absolute atomic E-state index is 4.53. The lowest BCUT2D eigenvalue weighted by Gasteiger charge is -1.82. The Labute approximate surface area is 32.0 Å². The molecule has 0 aromatic rings. The molecule has 0 aliphatic carbocycles. The van der Waals surface area contributed by atoms with E-state index in [9.17, 15) is 0 Å². The van der Waals surface area contributed by atoms with Crippen molar-refractivity contribution in [1.82, 2.24) is 5.25 Å². The molecule has 3 heteroatoms. The molecule has 1 atom stereocenters. The van der Waals surface area contributed by atoms with E-state index in [0.717, 1.165) is 0 Å². The van der Waals surface area contributed by atoms with Crippen LogP contribution in [0.1, 0.15) is 0 Å². The first-order chi connectivity index (χ1) is 2.50. The van der Waals surface area contributed by atoms with E-state index in [1.807, 2.05) is 5.82 Å². The van der Waals surface area contributed by atoms with Crippen LogP contribution in [0.15, 0.2) is 12.1 Å². The largest absolute Gasteiger partial charge is 0.413 e. The van der Waals surface area contributed by atoms with Gasteiger partial charge in [0.25, 0.3) is 0 Å². The van der Waals surface area contributed by atoms with Crippen LogP contribution in [0.5, 0.6) is 0 Å². The second-order valence-corrected chi connectivity index (χ2v) is 1.49. The van der Waals surface area contributed by atoms with Crippen molar-refractivity contribution in [1.29, 1.82) is 0 Å². The SMILES string of the molecule is C1=CPNO1. The van der Waals surface area contributed by atoms with Gasteiger partial charge in [0.05, 0.1) is 0 Å². The molecule has 1 rings (SSSR count). The molecule has 0 bridgehead atoms. The average Bonchev–Trinajstić information content (AvgIpc) is 1.76. The Morgan fingerprint density at radius 2 is 2.80 bits per heavy atom. The fourth-order valence-electron chi connectivity index (χ4n) is 0.170. The van der Waals surface area contributed by atoms with Crippen molar-refractivity contribution in [3.8, 4) is 0 Å². The Kier molecular flexibility index (Phi) is 0.870. The van der Waals surface area contributed by atoms with E-state index in [4.69, 9.17) is 0 Å². The lowest BCUT2D eigenvalue weighted by Crippen LogP contribution is -1.86. The van der Waals surface area contributed by atoms with Gasteiger partial charge in [-0.25, -0.2) is 0 Å². The number of hydrogen-bond donors (Lipinski definition) is 1. The molecular weight excluding hydrogens is 85.0 g/mol. The number of hydrogen-bond acceptors (Lipinski definition) is 2. The Balaban J connectivity index is 2.32. The van der Waals surface area contributed by atoms with Gasteiger partial charge in [-0.1, -0.05) is 0 Å². The van der Waals surface area contributed by atoms with Crippen LogP contribution in [0.25, 0.3) is 0 Å². The summed E-state index contributed by atoms with van der Waals surface area (Å²) in [5.74, 6) is 1.93. The fraction of sp³-hybridized carbons (Fsp3) is 0. The molecule has 5 heavy (non-hydrogen) atoms. The Bertz CT molecular complexity index is 47.6. The van der Waals surface area contributed by atoms with E-state index in [1.165, 1.54) is 0 Å². The van der Waals surface area contributed by atoms with Crippen molar-refractivity contribution in [3.05, 3.63) is 12.1 Å². The first-order valence-corrected chi connectivity index (χ1v) is 2.39. The van der Waals surface area contributed by atoms with E-state index in [2.05, 4.69) is 10.1 Å². The summed E-state index contributed by atoms with van der Waals surface area (Å²) in [6.07, 6.45) is 1.64. The van der Waals surface area contributed by atoms with Crippen molar-refractivity contribution in [2.45, 2.75) is 0 Å². The number of nitrogens with one attached hydrogen (secondary N) is 1. The predicted molar refractivity (Wildman–Crippen MR) is 21.7 cm³/mol. The molecule has 1 aliphatic rings. The lowest BCUT2D eigenvalue weighted by atomic mass is 11.2. The van der Waals surface area contributed by atoms with Crippen molar-refractivity contribution < 1.29 is 4.84 Å². The zero-order chi connectivity index (χ0) is 3.54. The van der Waals surface area contributed by atoms with Crippen LogP contribution in [0.4, 0.5) is 0 Å². The molecule has 0 saturated heterocycles. The zero-order valence-electron chi connectivity index (χ0n) is 2.56. The van der Waals surface area contributed by atoms with Crippen molar-refractivity contribution in [2.75, 3.05) is 0 Å². The van der Waals surface area contributed by atoms with Gasteiger partial charge < -0.3 is 4.84 Å². The van der Waals surface area contributed by atoms with Crippen molar-refractivity contribution >= 4 is 8.73 Å². The van der Waals surface area contributed by atoms with Crippen LogP contribution in [-0.4, -0.2) is 0 Å². The highest BCUT2D eigenvalue weighted by Crippen LogP contribution is 2.09. The van der Waals surface area contributed by atoms with E-state index in [0.29, 0.717) is 8.73 Å². The van der Waals surface area contributed by atoms with Gasteiger partial charge >= 0.3 is 0 Å². The molecule has 0 spiro atoms. The van der Waals surface area contributed by atoms with Crippen molar-refractivity contribution in [2.24, 2.45) is 0 Å². The van der Waals surface area contributed by atoms with Gasteiger partial charge in [-0.2, -0.15) is 0 Å². The molecular formula is C2H4NOP. The summed E-state index contributed by atoms with van der Waals surface area (Å²) >= 11 is 0. The van der Waals surface area contributed by atoms with Gasteiger partial charge in [-0.3, -0.25) is 0 Å². The molecule has 2 nitrogen and oxygen atoms in total. The first-order valence-electron chi connectivity index (χ1n) is 1.31. The van der Waals surface area contributed by atoms with Gasteiger partial charge in [-0.15, -0.1) is 5.25 Å². The molecule has 0 fully saturated rings. The molecule has 0 amide bonds. The Morgan fingerprint density at radius 1 is 1.80 bits per heavy atom. The predicted octanol–water partition coefficient (Wildman–Crippen LogP) is 0.586. The van der Waals surface area contributed by atoms with Crippen LogP contribution in [-0.2, 0) is 4.84 Å². The molecule has 1 aliphatic heterocycles. The highest BCUT2D eigenvalue weighted by atomic mass is 31.1. The van der Waals surface area contributed by atoms with Gasteiger partial charge in [-0.05, 0) is 5.82 Å². The second-order valence-electron chi connectivity index (χ2n) is 0.667. The van der Waals surface area contributed by atoms with E-state index >= 15 is 0 Å². The van der Waals surface area contributed by atoms with Crippen molar-refractivity contribution in [3.63, 3.8) is 0 Å². The lowest BCUT2D eigenvalue weighted by molar-refractivity contribution is 0.221. The summed E-state index contributed by atoms with van der Waals surface area (Å²) in [6, 6.07) is 0. The summed E-state index contributed by atoms with van der Waals surface area (Å²) in [7, 11) is 0.656. The Hall–Kier alpha value is -0.0700. The van der Waals surface area contributed by atoms with Gasteiger partial charge in [0.2, 0.25) is 0 Å². The minimum atomic E-state index is 0.656. The highest BCUT2D eigenvalue weighted by Gasteiger charge is 1.81. The van der Waals surface area contributed by atoms with Crippen LogP contribution < -0.4 is 5.25 Å². The molecule has 0 aromatic heterocycles. The highest BCUT2D eigenvalue weighted by molar-refractivity contribution is 7.39. The average molecular weight is 89.0 g/mol. The summed E-state index contributed by atoms with van der Waals surface area (Å²) in [4.78, 5) is 4.53. The molecule has 1 heterocycles. The smallest absolute Gasteiger partial charge is 0.113 e. The minimum absolute atomic E-state index is 0.656. The van der Waals surface area contributed by atoms with E-state index in [-0.39, 0.29) is 0 Å². The van der Waals surface area contributed by atoms with Crippen LogP contribution in [0, 0.1) is 0 Å². The van der Waals surface area contributed by atoms with Crippen LogP contribution in [0.3, 0.4) is 0 Å². The third kappa shape index (κ3) is 0.602. The summed E-state index contributed by atoms with van der Waals surface area (Å²) in [5.41, 5.74) is 0. The number of rotatable bonds is 0. The van der Waals surface area contributed by atoms with Crippen LogP contribution in [0.2, 0.25) is 0 Å².